The fraction of sp³-hybridized carbons (Fsp3) is 0.368. The number of carbonyl (C=O) groups excluding carboxylic acids is 1. The average molecular weight is 309 g/mol. The van der Waals surface area contributed by atoms with Crippen molar-refractivity contribution in [1.29, 1.82) is 0 Å². The van der Waals surface area contributed by atoms with E-state index in [-0.39, 0.29) is 6.03 Å². The number of hydrogen-bond acceptors (Lipinski definition) is 2. The number of hydrogen-bond donors (Lipinski definition) is 1. The highest BCUT2D eigenvalue weighted by Crippen LogP contribution is 2.34. The van der Waals surface area contributed by atoms with E-state index in [2.05, 4.69) is 40.6 Å². The van der Waals surface area contributed by atoms with E-state index in [0.29, 0.717) is 12.0 Å². The molecule has 0 bridgehead atoms. The van der Waals surface area contributed by atoms with Crippen LogP contribution in [0.1, 0.15) is 37.2 Å². The van der Waals surface area contributed by atoms with E-state index >= 15 is 0 Å². The molecule has 23 heavy (non-hydrogen) atoms. The molecule has 4 nitrogen and oxygen atoms in total. The van der Waals surface area contributed by atoms with Crippen molar-refractivity contribution in [1.82, 2.24) is 9.88 Å². The van der Waals surface area contributed by atoms with Crippen molar-refractivity contribution in [2.45, 2.75) is 37.6 Å². The molecule has 4 heteroatoms. The molecule has 1 saturated carbocycles. The van der Waals surface area contributed by atoms with Crippen LogP contribution in [0.3, 0.4) is 0 Å². The Morgan fingerprint density at radius 2 is 1.83 bits per heavy atom. The summed E-state index contributed by atoms with van der Waals surface area (Å²) in [5, 5.41) is 2.91. The van der Waals surface area contributed by atoms with Gasteiger partial charge in [-0.2, -0.15) is 0 Å². The van der Waals surface area contributed by atoms with Crippen molar-refractivity contribution in [3.8, 4) is 0 Å². The molecule has 1 aromatic heterocycles. The van der Waals surface area contributed by atoms with Gasteiger partial charge in [-0.3, -0.25) is 4.98 Å². The molecule has 1 aliphatic rings. The zero-order valence-electron chi connectivity index (χ0n) is 13.5. The number of anilines is 1. The topological polar surface area (TPSA) is 45.2 Å². The molecular formula is C19H23N3O. The summed E-state index contributed by atoms with van der Waals surface area (Å²) in [5.41, 5.74) is 2.16. The van der Waals surface area contributed by atoms with Gasteiger partial charge in [0, 0.05) is 19.3 Å². The minimum Gasteiger partial charge on any atom is -0.325 e. The summed E-state index contributed by atoms with van der Waals surface area (Å²) in [6.07, 6.45) is 7.74. The summed E-state index contributed by atoms with van der Waals surface area (Å²) in [4.78, 5) is 18.2. The second-order valence-corrected chi connectivity index (χ2v) is 6.20. The normalized spacial score (nSPS) is 20.7. The van der Waals surface area contributed by atoms with Crippen LogP contribution in [-0.2, 0) is 0 Å². The van der Waals surface area contributed by atoms with Gasteiger partial charge >= 0.3 is 6.03 Å². The van der Waals surface area contributed by atoms with E-state index in [4.69, 9.17) is 0 Å². The van der Waals surface area contributed by atoms with E-state index < -0.39 is 0 Å². The second kappa shape index (κ2) is 7.27. The summed E-state index contributed by atoms with van der Waals surface area (Å²) in [7, 11) is 1.89. The number of aromatic nitrogens is 1. The van der Waals surface area contributed by atoms with Gasteiger partial charge in [-0.1, -0.05) is 30.3 Å². The number of nitrogens with one attached hydrogen (secondary N) is 1. The van der Waals surface area contributed by atoms with E-state index in [1.165, 1.54) is 5.56 Å². The largest absolute Gasteiger partial charge is 0.325 e. The highest BCUT2D eigenvalue weighted by Gasteiger charge is 2.27. The molecule has 0 radical (unpaired) electrons. The summed E-state index contributed by atoms with van der Waals surface area (Å²) in [6.45, 7) is 0. The number of urea groups is 1. The molecule has 0 unspecified atom stereocenters. The van der Waals surface area contributed by atoms with Crippen molar-refractivity contribution >= 4 is 11.7 Å². The van der Waals surface area contributed by atoms with Crippen LogP contribution in [0, 0.1) is 0 Å². The van der Waals surface area contributed by atoms with Crippen LogP contribution in [0.15, 0.2) is 54.9 Å². The molecule has 2 amide bonds. The van der Waals surface area contributed by atoms with E-state index in [1.807, 2.05) is 24.1 Å². The van der Waals surface area contributed by atoms with Crippen LogP contribution in [0.5, 0.6) is 0 Å². The van der Waals surface area contributed by atoms with Gasteiger partial charge in [-0.05, 0) is 49.3 Å². The van der Waals surface area contributed by atoms with Gasteiger partial charge in [-0.25, -0.2) is 4.79 Å². The Balaban J connectivity index is 1.53. The standard InChI is InChI=1S/C19H23N3O/c1-22(19(23)21-17-8-5-13-20-14-17)18-11-9-16(10-12-18)15-6-3-2-4-7-15/h2-8,13-14,16,18H,9-12H2,1H3,(H,21,23). The molecule has 0 atom stereocenters. The molecule has 0 aliphatic heterocycles. The highest BCUT2D eigenvalue weighted by molar-refractivity contribution is 5.89. The van der Waals surface area contributed by atoms with E-state index in [9.17, 15) is 4.79 Å². The third kappa shape index (κ3) is 3.89. The quantitative estimate of drug-likeness (QED) is 0.920. The first kappa shape index (κ1) is 15.5. The van der Waals surface area contributed by atoms with Crippen LogP contribution < -0.4 is 5.32 Å². The van der Waals surface area contributed by atoms with Crippen molar-refractivity contribution in [2.75, 3.05) is 12.4 Å². The monoisotopic (exact) mass is 309 g/mol. The van der Waals surface area contributed by atoms with Gasteiger partial charge in [-0.15, -0.1) is 0 Å². The molecule has 1 N–H and O–H groups in total. The zero-order chi connectivity index (χ0) is 16.1. The SMILES string of the molecule is CN(C(=O)Nc1cccnc1)C1CCC(c2ccccc2)CC1. The van der Waals surface area contributed by atoms with Crippen LogP contribution in [0.2, 0.25) is 0 Å². The molecule has 1 aliphatic carbocycles. The molecule has 2 aromatic rings. The minimum absolute atomic E-state index is 0.0545. The molecule has 1 fully saturated rings. The second-order valence-electron chi connectivity index (χ2n) is 6.20. The first-order valence-corrected chi connectivity index (χ1v) is 8.23. The lowest BCUT2D eigenvalue weighted by molar-refractivity contribution is 0.181. The fourth-order valence-electron chi connectivity index (χ4n) is 3.34. The molecule has 1 aromatic carbocycles. The Hall–Kier alpha value is -2.36. The lowest BCUT2D eigenvalue weighted by Crippen LogP contribution is -2.41. The van der Waals surface area contributed by atoms with Crippen LogP contribution >= 0.6 is 0 Å². The number of nitrogens with zero attached hydrogens (tertiary/aromatic N) is 2. The Labute approximate surface area is 137 Å². The third-order valence-electron chi connectivity index (χ3n) is 4.75. The molecule has 0 spiro atoms. The minimum atomic E-state index is -0.0545. The first-order chi connectivity index (χ1) is 11.2. The third-order valence-corrected chi connectivity index (χ3v) is 4.75. The number of benzene rings is 1. The van der Waals surface area contributed by atoms with Crippen LogP contribution in [0.4, 0.5) is 10.5 Å². The molecule has 120 valence electrons. The van der Waals surface area contributed by atoms with Crippen LogP contribution in [0.25, 0.3) is 0 Å². The number of carbonyl (C=O) groups is 1. The lowest BCUT2D eigenvalue weighted by atomic mass is 9.81. The molecule has 1 heterocycles. The Kier molecular flexibility index (Phi) is 4.91. The predicted molar refractivity (Wildman–Crippen MR) is 92.5 cm³/mol. The molecular weight excluding hydrogens is 286 g/mol. The number of pyridine rings is 1. The van der Waals surface area contributed by atoms with Gasteiger partial charge in [0.2, 0.25) is 0 Å². The Morgan fingerprint density at radius 3 is 2.48 bits per heavy atom. The van der Waals surface area contributed by atoms with Crippen molar-refractivity contribution in [3.63, 3.8) is 0 Å². The van der Waals surface area contributed by atoms with E-state index in [0.717, 1.165) is 31.4 Å². The number of amides is 2. The predicted octanol–water partition coefficient (Wildman–Crippen LogP) is 4.27. The maximum atomic E-state index is 12.4. The Bertz CT molecular complexity index is 622. The summed E-state index contributed by atoms with van der Waals surface area (Å²) in [5.74, 6) is 0.627. The first-order valence-electron chi connectivity index (χ1n) is 8.23. The van der Waals surface area contributed by atoms with Gasteiger partial charge in [0.1, 0.15) is 0 Å². The highest BCUT2D eigenvalue weighted by atomic mass is 16.2. The average Bonchev–Trinajstić information content (AvgIpc) is 2.63. The lowest BCUT2D eigenvalue weighted by Gasteiger charge is -2.34. The van der Waals surface area contributed by atoms with Crippen molar-refractivity contribution in [2.24, 2.45) is 0 Å². The molecule has 3 rings (SSSR count). The van der Waals surface area contributed by atoms with Gasteiger partial charge in [0.05, 0.1) is 11.9 Å². The maximum absolute atomic E-state index is 12.4. The molecule has 0 saturated heterocycles. The van der Waals surface area contributed by atoms with Crippen LogP contribution in [-0.4, -0.2) is 29.0 Å². The number of rotatable bonds is 3. The van der Waals surface area contributed by atoms with Gasteiger partial charge < -0.3 is 10.2 Å². The Morgan fingerprint density at radius 1 is 1.09 bits per heavy atom. The van der Waals surface area contributed by atoms with E-state index in [1.54, 1.807) is 12.4 Å². The zero-order valence-corrected chi connectivity index (χ0v) is 13.5. The van der Waals surface area contributed by atoms with Crippen molar-refractivity contribution in [3.05, 3.63) is 60.4 Å². The smallest absolute Gasteiger partial charge is 0.321 e. The fourth-order valence-corrected chi connectivity index (χ4v) is 3.34. The van der Waals surface area contributed by atoms with Crippen molar-refractivity contribution < 1.29 is 4.79 Å². The summed E-state index contributed by atoms with van der Waals surface area (Å²) < 4.78 is 0. The summed E-state index contributed by atoms with van der Waals surface area (Å²) >= 11 is 0. The van der Waals surface area contributed by atoms with Gasteiger partial charge in [0.15, 0.2) is 0 Å². The van der Waals surface area contributed by atoms with Gasteiger partial charge in [0.25, 0.3) is 0 Å². The summed E-state index contributed by atoms with van der Waals surface area (Å²) in [6, 6.07) is 14.6. The maximum Gasteiger partial charge on any atom is 0.321 e.